The third-order valence-corrected chi connectivity index (χ3v) is 3.98. The SMILES string of the molecule is Nc1ccc(-c2nccn2Cc2c(Cl)cccc2Cl)cc1. The van der Waals surface area contributed by atoms with Crippen molar-refractivity contribution in [2.75, 3.05) is 5.73 Å². The zero-order valence-corrected chi connectivity index (χ0v) is 12.6. The average Bonchev–Trinajstić information content (AvgIpc) is 2.92. The number of halogens is 2. The summed E-state index contributed by atoms with van der Waals surface area (Å²) in [6.45, 7) is 0.568. The Morgan fingerprint density at radius 1 is 1.00 bits per heavy atom. The van der Waals surface area contributed by atoms with E-state index >= 15 is 0 Å². The van der Waals surface area contributed by atoms with E-state index in [0.717, 1.165) is 22.6 Å². The summed E-state index contributed by atoms with van der Waals surface area (Å²) >= 11 is 12.5. The molecule has 0 fully saturated rings. The van der Waals surface area contributed by atoms with Crippen LogP contribution in [-0.4, -0.2) is 9.55 Å². The smallest absolute Gasteiger partial charge is 0.140 e. The summed E-state index contributed by atoms with van der Waals surface area (Å²) in [5, 5.41) is 1.30. The van der Waals surface area contributed by atoms with E-state index in [1.54, 1.807) is 6.20 Å². The Labute approximate surface area is 132 Å². The van der Waals surface area contributed by atoms with Crippen LogP contribution in [0.1, 0.15) is 5.56 Å². The van der Waals surface area contributed by atoms with Crippen LogP contribution >= 0.6 is 23.2 Å². The topological polar surface area (TPSA) is 43.8 Å². The van der Waals surface area contributed by atoms with Crippen LogP contribution in [0.2, 0.25) is 10.0 Å². The predicted octanol–water partition coefficient (Wildman–Crippen LogP) is 4.49. The van der Waals surface area contributed by atoms with Gasteiger partial charge in [-0.25, -0.2) is 4.98 Å². The standard InChI is InChI=1S/C16H13Cl2N3/c17-14-2-1-3-15(18)13(14)10-21-9-8-20-16(21)11-4-6-12(19)7-5-11/h1-9H,10,19H2. The van der Waals surface area contributed by atoms with E-state index < -0.39 is 0 Å². The van der Waals surface area contributed by atoms with Gasteiger partial charge in [0.25, 0.3) is 0 Å². The van der Waals surface area contributed by atoms with Crippen molar-refractivity contribution in [2.24, 2.45) is 0 Å². The van der Waals surface area contributed by atoms with Crippen LogP contribution in [0.4, 0.5) is 5.69 Å². The van der Waals surface area contributed by atoms with Crippen LogP contribution in [0.25, 0.3) is 11.4 Å². The molecule has 0 radical (unpaired) electrons. The maximum Gasteiger partial charge on any atom is 0.140 e. The number of rotatable bonds is 3. The first-order valence-corrected chi connectivity index (χ1v) is 7.20. The Morgan fingerprint density at radius 3 is 2.33 bits per heavy atom. The molecule has 0 aliphatic heterocycles. The van der Waals surface area contributed by atoms with Gasteiger partial charge >= 0.3 is 0 Å². The molecule has 0 saturated carbocycles. The fourth-order valence-corrected chi connectivity index (χ4v) is 2.70. The number of hydrogen-bond acceptors (Lipinski definition) is 2. The second-order valence-corrected chi connectivity index (χ2v) is 5.52. The van der Waals surface area contributed by atoms with Gasteiger partial charge < -0.3 is 10.3 Å². The molecule has 2 aromatic carbocycles. The molecule has 1 aromatic heterocycles. The molecule has 1 heterocycles. The molecule has 0 spiro atoms. The van der Waals surface area contributed by atoms with Crippen LogP contribution < -0.4 is 5.73 Å². The molecule has 2 N–H and O–H groups in total. The number of benzene rings is 2. The molecule has 0 unspecified atom stereocenters. The summed E-state index contributed by atoms with van der Waals surface area (Å²) in [4.78, 5) is 4.41. The fraction of sp³-hybridized carbons (Fsp3) is 0.0625. The van der Waals surface area contributed by atoms with Crippen molar-refractivity contribution in [3.05, 3.63) is 70.5 Å². The zero-order valence-electron chi connectivity index (χ0n) is 11.1. The van der Waals surface area contributed by atoms with Crippen molar-refractivity contribution in [3.8, 4) is 11.4 Å². The lowest BCUT2D eigenvalue weighted by Crippen LogP contribution is -2.02. The van der Waals surface area contributed by atoms with Crippen LogP contribution in [0.5, 0.6) is 0 Å². The van der Waals surface area contributed by atoms with Crippen molar-refractivity contribution < 1.29 is 0 Å². The van der Waals surface area contributed by atoms with Gasteiger partial charge in [-0.15, -0.1) is 0 Å². The number of hydrogen-bond donors (Lipinski definition) is 1. The van der Waals surface area contributed by atoms with Crippen LogP contribution in [0.15, 0.2) is 54.9 Å². The van der Waals surface area contributed by atoms with Gasteiger partial charge in [0.1, 0.15) is 5.82 Å². The number of anilines is 1. The lowest BCUT2D eigenvalue weighted by molar-refractivity contribution is 0.807. The lowest BCUT2D eigenvalue weighted by atomic mass is 10.2. The van der Waals surface area contributed by atoms with E-state index in [2.05, 4.69) is 4.98 Å². The molecule has 21 heavy (non-hydrogen) atoms. The first-order chi connectivity index (χ1) is 10.1. The van der Waals surface area contributed by atoms with E-state index in [1.165, 1.54) is 0 Å². The van der Waals surface area contributed by atoms with Gasteiger partial charge in [-0.1, -0.05) is 29.3 Å². The van der Waals surface area contributed by atoms with E-state index in [0.29, 0.717) is 16.6 Å². The second kappa shape index (κ2) is 5.80. The van der Waals surface area contributed by atoms with Crippen LogP contribution in [0.3, 0.4) is 0 Å². The summed E-state index contributed by atoms with van der Waals surface area (Å²) in [5.74, 6) is 0.853. The molecule has 3 rings (SSSR count). The monoisotopic (exact) mass is 317 g/mol. The number of nitrogen functional groups attached to an aromatic ring is 1. The van der Waals surface area contributed by atoms with Gasteiger partial charge in [-0.3, -0.25) is 0 Å². The van der Waals surface area contributed by atoms with E-state index in [-0.39, 0.29) is 0 Å². The minimum atomic E-state index is 0.568. The average molecular weight is 318 g/mol. The van der Waals surface area contributed by atoms with Crippen molar-refractivity contribution in [3.63, 3.8) is 0 Å². The van der Waals surface area contributed by atoms with Gasteiger partial charge in [0, 0.05) is 39.3 Å². The van der Waals surface area contributed by atoms with Crippen LogP contribution in [0, 0.1) is 0 Å². The number of imidazole rings is 1. The predicted molar refractivity (Wildman–Crippen MR) is 87.6 cm³/mol. The largest absolute Gasteiger partial charge is 0.399 e. The quantitative estimate of drug-likeness (QED) is 0.723. The molecule has 0 amide bonds. The maximum absolute atomic E-state index is 6.23. The van der Waals surface area contributed by atoms with Gasteiger partial charge in [0.05, 0.1) is 6.54 Å². The summed E-state index contributed by atoms with van der Waals surface area (Å²) in [7, 11) is 0. The molecule has 3 aromatic rings. The van der Waals surface area contributed by atoms with Crippen LogP contribution in [-0.2, 0) is 6.54 Å². The first-order valence-electron chi connectivity index (χ1n) is 6.45. The minimum absolute atomic E-state index is 0.568. The highest BCUT2D eigenvalue weighted by Crippen LogP contribution is 2.27. The highest BCUT2D eigenvalue weighted by Gasteiger charge is 2.10. The Morgan fingerprint density at radius 2 is 1.67 bits per heavy atom. The zero-order chi connectivity index (χ0) is 14.8. The molecule has 3 nitrogen and oxygen atoms in total. The van der Waals surface area contributed by atoms with Gasteiger partial charge in [-0.2, -0.15) is 0 Å². The number of nitrogens with zero attached hydrogens (tertiary/aromatic N) is 2. The normalized spacial score (nSPS) is 10.8. The number of nitrogens with two attached hydrogens (primary N) is 1. The highest BCUT2D eigenvalue weighted by molar-refractivity contribution is 6.35. The summed E-state index contributed by atoms with van der Waals surface area (Å²) in [6.07, 6.45) is 3.67. The Kier molecular flexibility index (Phi) is 3.86. The Balaban J connectivity index is 1.98. The fourth-order valence-electron chi connectivity index (χ4n) is 2.18. The Bertz CT molecular complexity index is 743. The molecular weight excluding hydrogens is 305 g/mol. The summed E-state index contributed by atoms with van der Waals surface area (Å²) in [5.41, 5.74) is 8.33. The third-order valence-electron chi connectivity index (χ3n) is 3.27. The molecule has 0 aliphatic carbocycles. The van der Waals surface area contributed by atoms with Gasteiger partial charge in [0.15, 0.2) is 0 Å². The highest BCUT2D eigenvalue weighted by atomic mass is 35.5. The van der Waals surface area contributed by atoms with Gasteiger partial charge in [0.2, 0.25) is 0 Å². The molecule has 0 aliphatic rings. The van der Waals surface area contributed by atoms with Crippen molar-refractivity contribution >= 4 is 28.9 Å². The van der Waals surface area contributed by atoms with Crippen molar-refractivity contribution in [2.45, 2.75) is 6.54 Å². The second-order valence-electron chi connectivity index (χ2n) is 4.70. The maximum atomic E-state index is 6.23. The van der Waals surface area contributed by atoms with E-state index in [1.807, 2.05) is 53.2 Å². The van der Waals surface area contributed by atoms with Gasteiger partial charge in [-0.05, 0) is 36.4 Å². The molecule has 0 bridgehead atoms. The lowest BCUT2D eigenvalue weighted by Gasteiger charge is -2.11. The van der Waals surface area contributed by atoms with Crippen molar-refractivity contribution in [1.82, 2.24) is 9.55 Å². The van der Waals surface area contributed by atoms with E-state index in [4.69, 9.17) is 28.9 Å². The first kappa shape index (κ1) is 14.0. The summed E-state index contributed by atoms with van der Waals surface area (Å²) < 4.78 is 2.01. The van der Waals surface area contributed by atoms with E-state index in [9.17, 15) is 0 Å². The molecule has 106 valence electrons. The molecule has 0 saturated heterocycles. The van der Waals surface area contributed by atoms with Crippen molar-refractivity contribution in [1.29, 1.82) is 0 Å². The molecule has 5 heteroatoms. The molecular formula is C16H13Cl2N3. The summed E-state index contributed by atoms with van der Waals surface area (Å²) in [6, 6.07) is 13.1. The Hall–Kier alpha value is -1.97. The third kappa shape index (κ3) is 2.89. The molecule has 0 atom stereocenters. The minimum Gasteiger partial charge on any atom is -0.399 e. The number of aromatic nitrogens is 2.